The highest BCUT2D eigenvalue weighted by Crippen LogP contribution is 2.44. The van der Waals surface area contributed by atoms with E-state index in [1.165, 1.54) is 45.2 Å². The van der Waals surface area contributed by atoms with E-state index in [4.69, 9.17) is 0 Å². The van der Waals surface area contributed by atoms with Crippen LogP contribution in [0.1, 0.15) is 45.4 Å². The zero-order chi connectivity index (χ0) is 13.7. The van der Waals surface area contributed by atoms with Gasteiger partial charge in [-0.15, -0.1) is 0 Å². The summed E-state index contributed by atoms with van der Waals surface area (Å²) in [6, 6.07) is 1.24. The first-order chi connectivity index (χ1) is 9.74. The van der Waals surface area contributed by atoms with Crippen molar-refractivity contribution in [3.63, 3.8) is 0 Å². The highest BCUT2D eigenvalue weighted by atomic mass is 16.2. The average molecular weight is 274 g/mol. The first-order valence-corrected chi connectivity index (χ1v) is 8.46. The third kappa shape index (κ3) is 1.93. The molecule has 3 fully saturated rings. The summed E-state index contributed by atoms with van der Waals surface area (Å²) in [7, 11) is 0. The minimum Gasteiger partial charge on any atom is -0.336 e. The number of amides is 1. The molecule has 0 aromatic rings. The normalized spacial score (nSPS) is 40.6. The summed E-state index contributed by atoms with van der Waals surface area (Å²) in [6.45, 7) is 5.24. The molecule has 3 saturated heterocycles. The Morgan fingerprint density at radius 2 is 2.15 bits per heavy atom. The van der Waals surface area contributed by atoms with E-state index in [-0.39, 0.29) is 5.91 Å². The Morgan fingerprint density at radius 3 is 3.00 bits per heavy atom. The Kier molecular flexibility index (Phi) is 3.13. The smallest absolute Gasteiger partial charge is 0.219 e. The molecule has 0 N–H and O–H groups in total. The monoisotopic (exact) mass is 274 g/mol. The lowest BCUT2D eigenvalue weighted by Crippen LogP contribution is -2.59. The van der Waals surface area contributed by atoms with Crippen LogP contribution in [0.3, 0.4) is 0 Å². The van der Waals surface area contributed by atoms with E-state index in [1.54, 1.807) is 12.5 Å². The van der Waals surface area contributed by atoms with Gasteiger partial charge in [-0.3, -0.25) is 9.69 Å². The number of hydrogen-bond donors (Lipinski definition) is 0. The lowest BCUT2D eigenvalue weighted by Gasteiger charge is -2.54. The van der Waals surface area contributed by atoms with Crippen LogP contribution in [-0.4, -0.2) is 47.4 Å². The molecule has 3 heteroatoms. The van der Waals surface area contributed by atoms with E-state index >= 15 is 0 Å². The molecule has 4 rings (SSSR count). The molecule has 110 valence electrons. The minimum atomic E-state index is 0.278. The van der Waals surface area contributed by atoms with E-state index in [1.807, 2.05) is 0 Å². The maximum atomic E-state index is 12.0. The van der Waals surface area contributed by atoms with Gasteiger partial charge in [0.25, 0.3) is 0 Å². The van der Waals surface area contributed by atoms with Crippen molar-refractivity contribution in [3.05, 3.63) is 11.6 Å². The molecular formula is C17H26N2O. The third-order valence-corrected chi connectivity index (χ3v) is 6.06. The molecule has 0 radical (unpaired) electrons. The van der Waals surface area contributed by atoms with Crippen LogP contribution in [0.25, 0.3) is 0 Å². The van der Waals surface area contributed by atoms with Crippen LogP contribution in [0.15, 0.2) is 11.6 Å². The molecule has 0 aromatic carbocycles. The number of carbonyl (C=O) groups excluding carboxylic acids is 1. The van der Waals surface area contributed by atoms with Crippen LogP contribution in [0.2, 0.25) is 0 Å². The van der Waals surface area contributed by atoms with Gasteiger partial charge in [0, 0.05) is 26.1 Å². The fraction of sp³-hybridized carbons (Fsp3) is 0.824. The number of rotatable bonds is 0. The Bertz CT molecular complexity index is 444. The van der Waals surface area contributed by atoms with Gasteiger partial charge < -0.3 is 4.90 Å². The van der Waals surface area contributed by atoms with Crippen LogP contribution in [-0.2, 0) is 4.79 Å². The summed E-state index contributed by atoms with van der Waals surface area (Å²) in [5.41, 5.74) is 1.60. The second-order valence-electron chi connectivity index (χ2n) is 7.22. The van der Waals surface area contributed by atoms with Crippen molar-refractivity contribution in [2.75, 3.05) is 19.6 Å². The van der Waals surface area contributed by atoms with Crippen LogP contribution in [0, 0.1) is 11.8 Å². The summed E-state index contributed by atoms with van der Waals surface area (Å²) < 4.78 is 0. The van der Waals surface area contributed by atoms with E-state index < -0.39 is 0 Å². The van der Waals surface area contributed by atoms with Gasteiger partial charge in [-0.05, 0) is 50.5 Å². The predicted molar refractivity (Wildman–Crippen MR) is 79.3 cm³/mol. The van der Waals surface area contributed by atoms with Gasteiger partial charge in [0.2, 0.25) is 5.91 Å². The zero-order valence-electron chi connectivity index (χ0n) is 12.6. The van der Waals surface area contributed by atoms with E-state index in [0.717, 1.165) is 24.9 Å². The summed E-state index contributed by atoms with van der Waals surface area (Å²) in [5.74, 6) is 1.74. The fourth-order valence-electron chi connectivity index (χ4n) is 5.33. The first kappa shape index (κ1) is 12.9. The summed E-state index contributed by atoms with van der Waals surface area (Å²) in [5, 5.41) is 0. The fourth-order valence-corrected chi connectivity index (χ4v) is 5.33. The van der Waals surface area contributed by atoms with E-state index in [0.29, 0.717) is 12.0 Å². The van der Waals surface area contributed by atoms with Crippen molar-refractivity contribution in [2.24, 2.45) is 11.8 Å². The molecule has 3 heterocycles. The number of carbonyl (C=O) groups is 1. The first-order valence-electron chi connectivity index (χ1n) is 8.46. The molecular weight excluding hydrogens is 248 g/mol. The highest BCUT2D eigenvalue weighted by molar-refractivity contribution is 5.74. The van der Waals surface area contributed by atoms with Gasteiger partial charge in [-0.1, -0.05) is 18.1 Å². The van der Waals surface area contributed by atoms with Gasteiger partial charge in [0.1, 0.15) is 0 Å². The van der Waals surface area contributed by atoms with Gasteiger partial charge in [0.05, 0.1) is 6.04 Å². The second kappa shape index (κ2) is 4.87. The van der Waals surface area contributed by atoms with Gasteiger partial charge in [0.15, 0.2) is 0 Å². The van der Waals surface area contributed by atoms with Crippen LogP contribution in [0.4, 0.5) is 0 Å². The molecule has 1 amide bonds. The maximum Gasteiger partial charge on any atom is 0.219 e. The molecule has 0 saturated carbocycles. The van der Waals surface area contributed by atoms with Crippen molar-refractivity contribution in [3.8, 4) is 0 Å². The van der Waals surface area contributed by atoms with Crippen molar-refractivity contribution >= 4 is 5.91 Å². The van der Waals surface area contributed by atoms with Crippen molar-refractivity contribution < 1.29 is 4.79 Å². The Balaban J connectivity index is 1.66. The second-order valence-corrected chi connectivity index (χ2v) is 7.22. The number of likely N-dealkylation sites (tertiary alicyclic amines) is 1. The van der Waals surface area contributed by atoms with E-state index in [2.05, 4.69) is 15.9 Å². The molecule has 20 heavy (non-hydrogen) atoms. The van der Waals surface area contributed by atoms with Crippen LogP contribution >= 0.6 is 0 Å². The maximum absolute atomic E-state index is 12.0. The van der Waals surface area contributed by atoms with Crippen LogP contribution in [0.5, 0.6) is 0 Å². The third-order valence-electron chi connectivity index (χ3n) is 6.06. The standard InChI is InChI=1S/C17H26N2O/c1-12(20)19-8-4-5-13-9-14-10-15(17(13)19)11-18-7-3-2-6-16(14)18/h9,14-17H,2-8,10-11H2,1H3/t14?,15?,16-,17-/m1/s1. The summed E-state index contributed by atoms with van der Waals surface area (Å²) in [4.78, 5) is 16.9. The molecule has 4 aliphatic rings. The Labute approximate surface area is 122 Å². The molecule has 0 spiro atoms. The molecule has 2 bridgehead atoms. The lowest BCUT2D eigenvalue weighted by molar-refractivity contribution is -0.133. The minimum absolute atomic E-state index is 0.278. The van der Waals surface area contributed by atoms with Gasteiger partial charge in [-0.25, -0.2) is 0 Å². The SMILES string of the molecule is CC(=O)N1CCCC2=CC3CC(CN4CCCC[C@H]34)[C@@H]21. The molecule has 0 aromatic heterocycles. The summed E-state index contributed by atoms with van der Waals surface area (Å²) >= 11 is 0. The van der Waals surface area contributed by atoms with Gasteiger partial charge >= 0.3 is 0 Å². The van der Waals surface area contributed by atoms with Gasteiger partial charge in [-0.2, -0.15) is 0 Å². The molecule has 3 aliphatic heterocycles. The van der Waals surface area contributed by atoms with E-state index in [9.17, 15) is 4.79 Å². The molecule has 1 aliphatic carbocycles. The highest BCUT2D eigenvalue weighted by Gasteiger charge is 2.46. The topological polar surface area (TPSA) is 23.6 Å². The molecule has 3 nitrogen and oxygen atoms in total. The number of piperidine rings is 3. The number of fused-ring (bicyclic) bond motifs is 6. The number of hydrogen-bond acceptors (Lipinski definition) is 2. The zero-order valence-corrected chi connectivity index (χ0v) is 12.6. The van der Waals surface area contributed by atoms with Crippen molar-refractivity contribution in [1.29, 1.82) is 0 Å². The van der Waals surface area contributed by atoms with Crippen molar-refractivity contribution in [2.45, 2.75) is 57.5 Å². The Hall–Kier alpha value is -0.830. The number of nitrogens with zero attached hydrogens (tertiary/aromatic N) is 2. The average Bonchev–Trinajstić information content (AvgIpc) is 2.46. The lowest BCUT2D eigenvalue weighted by atomic mass is 9.68. The summed E-state index contributed by atoms with van der Waals surface area (Å²) in [6.07, 6.45) is 10.5. The van der Waals surface area contributed by atoms with Crippen molar-refractivity contribution in [1.82, 2.24) is 9.80 Å². The van der Waals surface area contributed by atoms with Crippen LogP contribution < -0.4 is 0 Å². The largest absolute Gasteiger partial charge is 0.336 e. The predicted octanol–water partition coefficient (Wildman–Crippen LogP) is 2.43. The Morgan fingerprint density at radius 1 is 1.25 bits per heavy atom. The molecule has 4 atom stereocenters. The quantitative estimate of drug-likeness (QED) is 0.633. The molecule has 2 unspecified atom stereocenters.